The van der Waals surface area contributed by atoms with Crippen LogP contribution in [0.5, 0.6) is 0 Å². The highest BCUT2D eigenvalue weighted by Gasteiger charge is 2.14. The Bertz CT molecular complexity index is 173. The summed E-state index contributed by atoms with van der Waals surface area (Å²) in [7, 11) is 4.28. The van der Waals surface area contributed by atoms with Gasteiger partial charge in [0, 0.05) is 25.2 Å². The van der Waals surface area contributed by atoms with Gasteiger partial charge in [0.05, 0.1) is 0 Å². The van der Waals surface area contributed by atoms with Crippen molar-refractivity contribution in [1.29, 1.82) is 0 Å². The zero-order valence-corrected chi connectivity index (χ0v) is 12.8. The Labute approximate surface area is 109 Å². The second kappa shape index (κ2) is 9.86. The lowest BCUT2D eigenvalue weighted by Crippen LogP contribution is -2.45. The van der Waals surface area contributed by atoms with Crippen LogP contribution in [-0.2, 0) is 0 Å². The van der Waals surface area contributed by atoms with Crippen LogP contribution < -0.4 is 5.32 Å². The summed E-state index contributed by atoms with van der Waals surface area (Å²) >= 11 is 0. The van der Waals surface area contributed by atoms with E-state index in [1.54, 1.807) is 0 Å². The maximum Gasteiger partial charge on any atom is 0.0191 e. The number of unbranched alkanes of at least 4 members (excludes halogenated alkanes) is 1. The van der Waals surface area contributed by atoms with Gasteiger partial charge in [-0.05, 0) is 47.5 Å². The molecular weight excluding hydrogens is 210 g/mol. The maximum atomic E-state index is 3.31. The quantitative estimate of drug-likeness (QED) is 0.633. The molecule has 0 aliphatic rings. The van der Waals surface area contributed by atoms with Crippen LogP contribution in [0.1, 0.15) is 40.5 Å². The first-order valence-electron chi connectivity index (χ1n) is 7.14. The molecule has 0 aromatic heterocycles. The van der Waals surface area contributed by atoms with Gasteiger partial charge in [-0.2, -0.15) is 0 Å². The number of hydrogen-bond donors (Lipinski definition) is 1. The van der Waals surface area contributed by atoms with Crippen molar-refractivity contribution < 1.29 is 0 Å². The van der Waals surface area contributed by atoms with Crippen molar-refractivity contribution in [1.82, 2.24) is 15.1 Å². The van der Waals surface area contributed by atoms with E-state index in [0.717, 1.165) is 13.1 Å². The summed E-state index contributed by atoms with van der Waals surface area (Å²) in [6.45, 7) is 13.7. The zero-order chi connectivity index (χ0) is 13.3. The first-order valence-corrected chi connectivity index (χ1v) is 7.14. The van der Waals surface area contributed by atoms with Crippen LogP contribution in [0, 0.1) is 0 Å². The Balaban J connectivity index is 3.99. The number of rotatable bonds is 10. The van der Waals surface area contributed by atoms with Gasteiger partial charge in [0.1, 0.15) is 0 Å². The highest BCUT2D eigenvalue weighted by atomic mass is 15.2. The third kappa shape index (κ3) is 7.74. The highest BCUT2D eigenvalue weighted by Crippen LogP contribution is 2.03. The van der Waals surface area contributed by atoms with Crippen molar-refractivity contribution in [2.24, 2.45) is 0 Å². The van der Waals surface area contributed by atoms with Crippen LogP contribution in [-0.4, -0.2) is 62.2 Å². The molecule has 0 heterocycles. The number of likely N-dealkylation sites (N-methyl/N-ethyl adjacent to an activating group) is 3. The molecule has 104 valence electrons. The van der Waals surface area contributed by atoms with E-state index in [-0.39, 0.29) is 0 Å². The average Bonchev–Trinajstić information content (AvgIpc) is 2.34. The molecule has 3 nitrogen and oxygen atoms in total. The van der Waals surface area contributed by atoms with Crippen molar-refractivity contribution in [3.05, 3.63) is 0 Å². The standard InChI is InChI=1S/C14H33N3/c1-7-9-10-16(6)14(4)12-17(8-2)11-13(3)15-5/h13-15H,7-12H2,1-6H3. The lowest BCUT2D eigenvalue weighted by molar-refractivity contribution is 0.168. The van der Waals surface area contributed by atoms with E-state index in [1.165, 1.54) is 25.9 Å². The highest BCUT2D eigenvalue weighted by molar-refractivity contribution is 4.72. The van der Waals surface area contributed by atoms with Crippen LogP contribution in [0.2, 0.25) is 0 Å². The van der Waals surface area contributed by atoms with E-state index in [1.807, 2.05) is 7.05 Å². The predicted molar refractivity (Wildman–Crippen MR) is 77.6 cm³/mol. The Morgan fingerprint density at radius 1 is 1.12 bits per heavy atom. The van der Waals surface area contributed by atoms with Gasteiger partial charge in [-0.15, -0.1) is 0 Å². The summed E-state index contributed by atoms with van der Waals surface area (Å²) in [6.07, 6.45) is 2.59. The third-order valence-electron chi connectivity index (χ3n) is 3.61. The van der Waals surface area contributed by atoms with Crippen molar-refractivity contribution in [3.8, 4) is 0 Å². The van der Waals surface area contributed by atoms with E-state index in [0.29, 0.717) is 12.1 Å². The molecule has 17 heavy (non-hydrogen) atoms. The number of hydrogen-bond acceptors (Lipinski definition) is 3. The maximum absolute atomic E-state index is 3.31. The molecule has 2 atom stereocenters. The Morgan fingerprint density at radius 2 is 1.76 bits per heavy atom. The van der Waals surface area contributed by atoms with Gasteiger partial charge in [-0.25, -0.2) is 0 Å². The molecule has 0 spiro atoms. The normalized spacial score (nSPS) is 15.5. The molecule has 0 aromatic carbocycles. The van der Waals surface area contributed by atoms with Gasteiger partial charge < -0.3 is 15.1 Å². The molecule has 0 aromatic rings. The first kappa shape index (κ1) is 16.9. The first-order chi connectivity index (χ1) is 8.04. The van der Waals surface area contributed by atoms with Crippen molar-refractivity contribution in [2.75, 3.05) is 40.3 Å². The lowest BCUT2D eigenvalue weighted by Gasteiger charge is -2.31. The van der Waals surface area contributed by atoms with E-state index in [9.17, 15) is 0 Å². The van der Waals surface area contributed by atoms with E-state index < -0.39 is 0 Å². The summed E-state index contributed by atoms with van der Waals surface area (Å²) < 4.78 is 0. The molecule has 0 saturated carbocycles. The van der Waals surface area contributed by atoms with Gasteiger partial charge in [-0.1, -0.05) is 20.3 Å². The average molecular weight is 243 g/mol. The summed E-state index contributed by atoms with van der Waals surface area (Å²) in [4.78, 5) is 5.02. The van der Waals surface area contributed by atoms with Gasteiger partial charge in [-0.3, -0.25) is 0 Å². The molecule has 0 aliphatic heterocycles. The fourth-order valence-corrected chi connectivity index (χ4v) is 1.95. The molecule has 0 aliphatic carbocycles. The van der Waals surface area contributed by atoms with Crippen molar-refractivity contribution >= 4 is 0 Å². The topological polar surface area (TPSA) is 18.5 Å². The van der Waals surface area contributed by atoms with Crippen LogP contribution in [0.25, 0.3) is 0 Å². The summed E-state index contributed by atoms with van der Waals surface area (Å²) in [5, 5.41) is 3.31. The molecule has 3 heteroatoms. The van der Waals surface area contributed by atoms with Crippen molar-refractivity contribution in [2.45, 2.75) is 52.6 Å². The minimum absolute atomic E-state index is 0.572. The van der Waals surface area contributed by atoms with Crippen molar-refractivity contribution in [3.63, 3.8) is 0 Å². The zero-order valence-electron chi connectivity index (χ0n) is 12.8. The van der Waals surface area contributed by atoms with Gasteiger partial charge in [0.2, 0.25) is 0 Å². The minimum atomic E-state index is 0.572. The molecule has 2 unspecified atom stereocenters. The Hall–Kier alpha value is -0.120. The van der Waals surface area contributed by atoms with Gasteiger partial charge in [0.25, 0.3) is 0 Å². The Morgan fingerprint density at radius 3 is 2.24 bits per heavy atom. The van der Waals surface area contributed by atoms with Crippen LogP contribution in [0.4, 0.5) is 0 Å². The summed E-state index contributed by atoms with van der Waals surface area (Å²) in [6, 6.07) is 1.22. The molecule has 0 rings (SSSR count). The van der Waals surface area contributed by atoms with Gasteiger partial charge in [0.15, 0.2) is 0 Å². The molecule has 0 fully saturated rings. The number of nitrogens with one attached hydrogen (secondary N) is 1. The predicted octanol–water partition coefficient (Wildman–Crippen LogP) is 2.04. The van der Waals surface area contributed by atoms with Crippen LogP contribution in [0.3, 0.4) is 0 Å². The molecule has 0 amide bonds. The van der Waals surface area contributed by atoms with E-state index >= 15 is 0 Å². The molecule has 1 N–H and O–H groups in total. The molecule has 0 bridgehead atoms. The monoisotopic (exact) mass is 243 g/mol. The lowest BCUT2D eigenvalue weighted by atomic mass is 10.2. The fourth-order valence-electron chi connectivity index (χ4n) is 1.95. The van der Waals surface area contributed by atoms with Crippen LogP contribution in [0.15, 0.2) is 0 Å². The molecule has 0 radical (unpaired) electrons. The Kier molecular flexibility index (Phi) is 9.79. The molecule has 0 saturated heterocycles. The smallest absolute Gasteiger partial charge is 0.0191 e. The fraction of sp³-hybridized carbons (Fsp3) is 1.00. The molecular formula is C14H33N3. The van der Waals surface area contributed by atoms with E-state index in [2.05, 4.69) is 49.9 Å². The second-order valence-electron chi connectivity index (χ2n) is 5.23. The van der Waals surface area contributed by atoms with Gasteiger partial charge >= 0.3 is 0 Å². The second-order valence-corrected chi connectivity index (χ2v) is 5.23. The largest absolute Gasteiger partial charge is 0.316 e. The van der Waals surface area contributed by atoms with Crippen LogP contribution >= 0.6 is 0 Å². The van der Waals surface area contributed by atoms with E-state index in [4.69, 9.17) is 0 Å². The minimum Gasteiger partial charge on any atom is -0.316 e. The SMILES string of the molecule is CCCCN(C)C(C)CN(CC)CC(C)NC. The summed E-state index contributed by atoms with van der Waals surface area (Å²) in [5.74, 6) is 0. The summed E-state index contributed by atoms with van der Waals surface area (Å²) in [5.41, 5.74) is 0. The third-order valence-corrected chi connectivity index (χ3v) is 3.61. The number of nitrogens with zero attached hydrogens (tertiary/aromatic N) is 2.